The minimum Gasteiger partial charge on any atom is -0.469 e. The fourth-order valence-corrected chi connectivity index (χ4v) is 1.79. The molecule has 1 aromatic carbocycles. The van der Waals surface area contributed by atoms with E-state index in [1.807, 2.05) is 13.0 Å². The summed E-state index contributed by atoms with van der Waals surface area (Å²) in [5.41, 5.74) is 1.35. The second kappa shape index (κ2) is 7.88. The van der Waals surface area contributed by atoms with E-state index in [2.05, 4.69) is 36.5 Å². The summed E-state index contributed by atoms with van der Waals surface area (Å²) in [6.45, 7) is 4.69. The standard InChI is InChI=1S/C15H23NO2/c1-12(15(17)18-3)11-16-13(2)9-10-14-7-5-4-6-8-14/h4-8,12-13,16H,9-11H2,1-3H3/t12-,13+/m0/s1. The van der Waals surface area contributed by atoms with Crippen LogP contribution in [-0.4, -0.2) is 25.7 Å². The molecular formula is C15H23NO2. The summed E-state index contributed by atoms with van der Waals surface area (Å²) < 4.78 is 4.69. The van der Waals surface area contributed by atoms with Crippen LogP contribution in [0.15, 0.2) is 30.3 Å². The van der Waals surface area contributed by atoms with Gasteiger partial charge >= 0.3 is 5.97 Å². The molecule has 1 rings (SSSR count). The van der Waals surface area contributed by atoms with E-state index in [0.717, 1.165) is 12.8 Å². The first-order valence-electron chi connectivity index (χ1n) is 6.48. The van der Waals surface area contributed by atoms with Crippen LogP contribution in [0.4, 0.5) is 0 Å². The largest absolute Gasteiger partial charge is 0.469 e. The van der Waals surface area contributed by atoms with Gasteiger partial charge in [-0.2, -0.15) is 0 Å². The molecule has 3 nitrogen and oxygen atoms in total. The lowest BCUT2D eigenvalue weighted by Crippen LogP contribution is -2.33. The van der Waals surface area contributed by atoms with Gasteiger partial charge in [-0.05, 0) is 25.3 Å². The van der Waals surface area contributed by atoms with Gasteiger partial charge in [-0.25, -0.2) is 0 Å². The Bertz CT molecular complexity index is 351. The summed E-state index contributed by atoms with van der Waals surface area (Å²) in [5.74, 6) is -0.244. The number of benzene rings is 1. The molecule has 0 bridgehead atoms. The van der Waals surface area contributed by atoms with Crippen molar-refractivity contribution in [3.05, 3.63) is 35.9 Å². The van der Waals surface area contributed by atoms with Gasteiger partial charge in [-0.3, -0.25) is 4.79 Å². The van der Waals surface area contributed by atoms with Crippen LogP contribution in [0, 0.1) is 5.92 Å². The summed E-state index contributed by atoms with van der Waals surface area (Å²) in [5, 5.41) is 3.37. The Kier molecular flexibility index (Phi) is 6.44. The summed E-state index contributed by atoms with van der Waals surface area (Å²) in [6.07, 6.45) is 2.12. The Hall–Kier alpha value is -1.35. The smallest absolute Gasteiger partial charge is 0.309 e. The quantitative estimate of drug-likeness (QED) is 0.754. The number of ether oxygens (including phenoxy) is 1. The molecule has 0 radical (unpaired) electrons. The Morgan fingerprint density at radius 2 is 1.94 bits per heavy atom. The molecule has 0 aliphatic heterocycles. The van der Waals surface area contributed by atoms with E-state index < -0.39 is 0 Å². The summed E-state index contributed by atoms with van der Waals surface area (Å²) >= 11 is 0. The molecule has 1 aromatic rings. The molecule has 0 saturated heterocycles. The first kappa shape index (κ1) is 14.7. The molecule has 0 aromatic heterocycles. The Labute approximate surface area is 110 Å². The van der Waals surface area contributed by atoms with E-state index in [1.165, 1.54) is 12.7 Å². The van der Waals surface area contributed by atoms with Crippen molar-refractivity contribution in [1.82, 2.24) is 5.32 Å². The van der Waals surface area contributed by atoms with Crippen molar-refractivity contribution in [2.75, 3.05) is 13.7 Å². The van der Waals surface area contributed by atoms with Crippen LogP contribution in [0.5, 0.6) is 0 Å². The average molecular weight is 249 g/mol. The number of rotatable bonds is 7. The van der Waals surface area contributed by atoms with Gasteiger partial charge in [-0.15, -0.1) is 0 Å². The number of carbonyl (C=O) groups is 1. The third kappa shape index (κ3) is 5.32. The zero-order chi connectivity index (χ0) is 13.4. The van der Waals surface area contributed by atoms with Crippen LogP contribution in [-0.2, 0) is 16.0 Å². The lowest BCUT2D eigenvalue weighted by Gasteiger charge is -2.16. The molecule has 100 valence electrons. The fraction of sp³-hybridized carbons (Fsp3) is 0.533. The normalized spacial score (nSPS) is 13.9. The van der Waals surface area contributed by atoms with Crippen molar-refractivity contribution in [3.8, 4) is 0 Å². The van der Waals surface area contributed by atoms with E-state index in [9.17, 15) is 4.79 Å². The van der Waals surface area contributed by atoms with Gasteiger partial charge in [0.25, 0.3) is 0 Å². The zero-order valence-corrected chi connectivity index (χ0v) is 11.5. The summed E-state index contributed by atoms with van der Waals surface area (Å²) in [4.78, 5) is 11.2. The first-order chi connectivity index (χ1) is 8.63. The van der Waals surface area contributed by atoms with Gasteiger partial charge in [0.15, 0.2) is 0 Å². The number of methoxy groups -OCH3 is 1. The van der Waals surface area contributed by atoms with E-state index in [-0.39, 0.29) is 11.9 Å². The lowest BCUT2D eigenvalue weighted by atomic mass is 10.1. The number of esters is 1. The molecule has 0 amide bonds. The lowest BCUT2D eigenvalue weighted by molar-refractivity contribution is -0.144. The predicted molar refractivity (Wildman–Crippen MR) is 73.4 cm³/mol. The topological polar surface area (TPSA) is 38.3 Å². The van der Waals surface area contributed by atoms with Crippen LogP contribution < -0.4 is 5.32 Å². The van der Waals surface area contributed by atoms with Gasteiger partial charge in [0.05, 0.1) is 13.0 Å². The maximum absolute atomic E-state index is 11.2. The highest BCUT2D eigenvalue weighted by Crippen LogP contribution is 2.05. The Morgan fingerprint density at radius 3 is 2.56 bits per heavy atom. The molecular weight excluding hydrogens is 226 g/mol. The van der Waals surface area contributed by atoms with E-state index >= 15 is 0 Å². The molecule has 3 heteroatoms. The number of aryl methyl sites for hydroxylation is 1. The van der Waals surface area contributed by atoms with E-state index in [4.69, 9.17) is 4.74 Å². The van der Waals surface area contributed by atoms with Gasteiger partial charge < -0.3 is 10.1 Å². The van der Waals surface area contributed by atoms with E-state index in [0.29, 0.717) is 12.6 Å². The fourth-order valence-electron chi connectivity index (χ4n) is 1.79. The van der Waals surface area contributed by atoms with Crippen LogP contribution in [0.1, 0.15) is 25.8 Å². The molecule has 18 heavy (non-hydrogen) atoms. The third-order valence-corrected chi connectivity index (χ3v) is 3.08. The Balaban J connectivity index is 2.22. The minimum atomic E-state index is -0.155. The first-order valence-corrected chi connectivity index (χ1v) is 6.48. The highest BCUT2D eigenvalue weighted by molar-refractivity contribution is 5.72. The highest BCUT2D eigenvalue weighted by atomic mass is 16.5. The van der Waals surface area contributed by atoms with Crippen LogP contribution in [0.3, 0.4) is 0 Å². The van der Waals surface area contributed by atoms with Crippen molar-refractivity contribution in [3.63, 3.8) is 0 Å². The number of nitrogens with one attached hydrogen (secondary N) is 1. The summed E-state index contributed by atoms with van der Waals surface area (Å²) in [7, 11) is 1.43. The molecule has 0 unspecified atom stereocenters. The maximum atomic E-state index is 11.2. The molecule has 0 fully saturated rings. The van der Waals surface area contributed by atoms with Gasteiger partial charge in [0, 0.05) is 12.6 Å². The number of carbonyl (C=O) groups excluding carboxylic acids is 1. The van der Waals surface area contributed by atoms with Crippen molar-refractivity contribution in [1.29, 1.82) is 0 Å². The minimum absolute atomic E-state index is 0.0887. The monoisotopic (exact) mass is 249 g/mol. The van der Waals surface area contributed by atoms with Gasteiger partial charge in [0.2, 0.25) is 0 Å². The second-order valence-corrected chi connectivity index (χ2v) is 4.76. The Morgan fingerprint density at radius 1 is 1.28 bits per heavy atom. The molecule has 2 atom stereocenters. The van der Waals surface area contributed by atoms with Crippen LogP contribution >= 0.6 is 0 Å². The van der Waals surface area contributed by atoms with Crippen molar-refractivity contribution in [2.24, 2.45) is 5.92 Å². The molecule has 0 saturated carbocycles. The number of hydrogen-bond acceptors (Lipinski definition) is 3. The predicted octanol–water partition coefficient (Wildman–Crippen LogP) is 2.41. The summed E-state index contributed by atoms with van der Waals surface area (Å²) in [6, 6.07) is 10.8. The van der Waals surface area contributed by atoms with Crippen molar-refractivity contribution >= 4 is 5.97 Å². The maximum Gasteiger partial charge on any atom is 0.309 e. The van der Waals surface area contributed by atoms with Crippen molar-refractivity contribution in [2.45, 2.75) is 32.7 Å². The van der Waals surface area contributed by atoms with Crippen LogP contribution in [0.2, 0.25) is 0 Å². The van der Waals surface area contributed by atoms with Crippen molar-refractivity contribution < 1.29 is 9.53 Å². The molecule has 0 spiro atoms. The number of hydrogen-bond donors (Lipinski definition) is 1. The van der Waals surface area contributed by atoms with Gasteiger partial charge in [0.1, 0.15) is 0 Å². The molecule has 0 heterocycles. The molecule has 0 aliphatic carbocycles. The molecule has 0 aliphatic rings. The van der Waals surface area contributed by atoms with Crippen LogP contribution in [0.25, 0.3) is 0 Å². The van der Waals surface area contributed by atoms with Gasteiger partial charge in [-0.1, -0.05) is 37.3 Å². The SMILES string of the molecule is COC(=O)[C@@H](C)CN[C@H](C)CCc1ccccc1. The zero-order valence-electron chi connectivity index (χ0n) is 11.5. The molecule has 1 N–H and O–H groups in total. The highest BCUT2D eigenvalue weighted by Gasteiger charge is 2.13. The average Bonchev–Trinajstić information content (AvgIpc) is 2.42. The third-order valence-electron chi connectivity index (χ3n) is 3.08. The second-order valence-electron chi connectivity index (χ2n) is 4.76. The van der Waals surface area contributed by atoms with E-state index in [1.54, 1.807) is 0 Å².